The Labute approximate surface area is 124 Å². The number of amides is 1. The van der Waals surface area contributed by atoms with Crippen molar-refractivity contribution in [1.29, 1.82) is 0 Å². The number of nitrogens with one attached hydrogen (secondary N) is 2. The van der Waals surface area contributed by atoms with Gasteiger partial charge in [0.15, 0.2) is 0 Å². The molecule has 0 atom stereocenters. The fourth-order valence-electron chi connectivity index (χ4n) is 2.02. The molecular weight excluding hydrogens is 294 g/mol. The maximum atomic E-state index is 12.1. The molecule has 0 radical (unpaired) electrons. The van der Waals surface area contributed by atoms with Crippen molar-refractivity contribution in [2.24, 2.45) is 0 Å². The summed E-state index contributed by atoms with van der Waals surface area (Å²) in [5.74, 6) is -0.201. The highest BCUT2D eigenvalue weighted by Gasteiger charge is 2.23. The number of benzene rings is 1. The number of ether oxygens (including phenoxy) is 1. The molecule has 1 heterocycles. The maximum absolute atomic E-state index is 12.1. The van der Waals surface area contributed by atoms with Crippen molar-refractivity contribution in [3.05, 3.63) is 35.4 Å². The minimum absolute atomic E-state index is 0.143. The van der Waals surface area contributed by atoms with Gasteiger partial charge in [-0.25, -0.2) is 0 Å². The summed E-state index contributed by atoms with van der Waals surface area (Å²) in [7, 11) is -1.97. The molecule has 0 bridgehead atoms. The molecule has 7 nitrogen and oxygen atoms in total. The molecule has 1 aromatic carbocycles. The molecule has 0 unspecified atom stereocenters. The van der Waals surface area contributed by atoms with Gasteiger partial charge in [0.25, 0.3) is 16.1 Å². The Hall–Kier alpha value is -1.48. The molecule has 2 rings (SSSR count). The molecule has 1 aromatic rings. The van der Waals surface area contributed by atoms with E-state index in [1.54, 1.807) is 31.3 Å². The predicted molar refractivity (Wildman–Crippen MR) is 78.0 cm³/mol. The number of morpholine rings is 1. The van der Waals surface area contributed by atoms with Crippen LogP contribution in [0.4, 0.5) is 0 Å². The van der Waals surface area contributed by atoms with Crippen LogP contribution in [0.1, 0.15) is 15.9 Å². The molecule has 0 aliphatic carbocycles. The topological polar surface area (TPSA) is 87.7 Å². The maximum Gasteiger partial charge on any atom is 0.279 e. The molecule has 1 aliphatic heterocycles. The Morgan fingerprint density at radius 1 is 1.33 bits per heavy atom. The summed E-state index contributed by atoms with van der Waals surface area (Å²) in [6.07, 6.45) is 0. The number of carbonyl (C=O) groups is 1. The molecule has 1 saturated heterocycles. The van der Waals surface area contributed by atoms with E-state index in [4.69, 9.17) is 4.74 Å². The van der Waals surface area contributed by atoms with Crippen LogP contribution in [0.2, 0.25) is 0 Å². The Kier molecular flexibility index (Phi) is 5.29. The van der Waals surface area contributed by atoms with Gasteiger partial charge in [0, 0.05) is 32.2 Å². The van der Waals surface area contributed by atoms with Crippen molar-refractivity contribution in [3.8, 4) is 0 Å². The lowest BCUT2D eigenvalue weighted by atomic mass is 10.1. The molecule has 0 saturated carbocycles. The van der Waals surface area contributed by atoms with Crippen LogP contribution in [0.5, 0.6) is 0 Å². The number of hydrogen-bond donors (Lipinski definition) is 2. The summed E-state index contributed by atoms with van der Waals surface area (Å²) in [6, 6.07) is 6.84. The fourth-order valence-corrected chi connectivity index (χ4v) is 3.18. The molecular formula is C13H19N3O4S. The SMILES string of the molecule is CNC(=O)c1cccc(CNS(=O)(=O)N2CCOCC2)c1. The number of carbonyl (C=O) groups excluding carboxylic acids is 1. The van der Waals surface area contributed by atoms with Crippen molar-refractivity contribution in [3.63, 3.8) is 0 Å². The first-order valence-electron chi connectivity index (χ1n) is 6.66. The highest BCUT2D eigenvalue weighted by Crippen LogP contribution is 2.08. The lowest BCUT2D eigenvalue weighted by Gasteiger charge is -2.26. The lowest BCUT2D eigenvalue weighted by molar-refractivity contribution is 0.0725. The predicted octanol–water partition coefficient (Wildman–Crippen LogP) is -0.287. The zero-order valence-corrected chi connectivity index (χ0v) is 12.6. The van der Waals surface area contributed by atoms with E-state index in [1.807, 2.05) is 0 Å². The number of nitrogens with zero attached hydrogens (tertiary/aromatic N) is 1. The van der Waals surface area contributed by atoms with E-state index in [-0.39, 0.29) is 12.5 Å². The molecule has 8 heteroatoms. The molecule has 0 spiro atoms. The van der Waals surface area contributed by atoms with E-state index < -0.39 is 10.2 Å². The molecule has 116 valence electrons. The second kappa shape index (κ2) is 6.99. The Balaban J connectivity index is 2.00. The monoisotopic (exact) mass is 313 g/mol. The second-order valence-electron chi connectivity index (χ2n) is 4.62. The van der Waals surface area contributed by atoms with E-state index >= 15 is 0 Å². The van der Waals surface area contributed by atoms with E-state index in [0.29, 0.717) is 31.9 Å². The lowest BCUT2D eigenvalue weighted by Crippen LogP contribution is -2.46. The summed E-state index contributed by atoms with van der Waals surface area (Å²) in [5, 5.41) is 2.53. The molecule has 2 N–H and O–H groups in total. The average Bonchev–Trinajstić information content (AvgIpc) is 2.53. The van der Waals surface area contributed by atoms with Crippen LogP contribution in [-0.2, 0) is 21.5 Å². The molecule has 1 amide bonds. The van der Waals surface area contributed by atoms with Crippen LogP contribution in [0, 0.1) is 0 Å². The smallest absolute Gasteiger partial charge is 0.279 e. The molecule has 21 heavy (non-hydrogen) atoms. The van der Waals surface area contributed by atoms with Crippen molar-refractivity contribution in [2.45, 2.75) is 6.54 Å². The normalized spacial score (nSPS) is 16.6. The van der Waals surface area contributed by atoms with Gasteiger partial charge in [0.2, 0.25) is 0 Å². The zero-order chi connectivity index (χ0) is 15.3. The molecule has 1 aliphatic rings. The Morgan fingerprint density at radius 3 is 2.71 bits per heavy atom. The van der Waals surface area contributed by atoms with Gasteiger partial charge < -0.3 is 10.1 Å². The third-order valence-electron chi connectivity index (χ3n) is 3.18. The van der Waals surface area contributed by atoms with Crippen LogP contribution in [0.15, 0.2) is 24.3 Å². The molecule has 0 aromatic heterocycles. The minimum atomic E-state index is -3.52. The summed E-state index contributed by atoms with van der Waals surface area (Å²) >= 11 is 0. The van der Waals surface area contributed by atoms with Gasteiger partial charge in [-0.15, -0.1) is 0 Å². The van der Waals surface area contributed by atoms with E-state index in [0.717, 1.165) is 5.56 Å². The van der Waals surface area contributed by atoms with Gasteiger partial charge in [-0.05, 0) is 17.7 Å². The summed E-state index contributed by atoms with van der Waals surface area (Å²) in [4.78, 5) is 11.5. The van der Waals surface area contributed by atoms with E-state index in [1.165, 1.54) is 4.31 Å². The van der Waals surface area contributed by atoms with Crippen LogP contribution >= 0.6 is 0 Å². The van der Waals surface area contributed by atoms with Crippen molar-refractivity contribution in [1.82, 2.24) is 14.3 Å². The van der Waals surface area contributed by atoms with Crippen molar-refractivity contribution < 1.29 is 17.9 Å². The zero-order valence-electron chi connectivity index (χ0n) is 11.8. The fraction of sp³-hybridized carbons (Fsp3) is 0.462. The van der Waals surface area contributed by atoms with Gasteiger partial charge in [0.05, 0.1) is 13.2 Å². The van der Waals surface area contributed by atoms with Gasteiger partial charge in [-0.2, -0.15) is 17.4 Å². The van der Waals surface area contributed by atoms with E-state index in [2.05, 4.69) is 10.0 Å². The Bertz CT molecular complexity index is 597. The van der Waals surface area contributed by atoms with Gasteiger partial charge in [-0.1, -0.05) is 12.1 Å². The minimum Gasteiger partial charge on any atom is -0.379 e. The largest absolute Gasteiger partial charge is 0.379 e. The first-order chi connectivity index (χ1) is 10.0. The summed E-state index contributed by atoms with van der Waals surface area (Å²) in [5.41, 5.74) is 1.23. The highest BCUT2D eigenvalue weighted by molar-refractivity contribution is 7.87. The number of hydrogen-bond acceptors (Lipinski definition) is 4. The summed E-state index contributed by atoms with van der Waals surface area (Å²) in [6.45, 7) is 1.67. The third-order valence-corrected chi connectivity index (χ3v) is 4.74. The standard InChI is InChI=1S/C13H19N3O4S/c1-14-13(17)12-4-2-3-11(9-12)10-15-21(18,19)16-5-7-20-8-6-16/h2-4,9,15H,5-8,10H2,1H3,(H,14,17). The highest BCUT2D eigenvalue weighted by atomic mass is 32.2. The van der Waals surface area contributed by atoms with Crippen LogP contribution in [-0.4, -0.2) is 52.0 Å². The third kappa shape index (κ3) is 4.24. The van der Waals surface area contributed by atoms with Gasteiger partial charge in [-0.3, -0.25) is 4.79 Å². The molecule has 1 fully saturated rings. The summed E-state index contributed by atoms with van der Waals surface area (Å²) < 4.78 is 33.3. The first-order valence-corrected chi connectivity index (χ1v) is 8.10. The first kappa shape index (κ1) is 15.9. The van der Waals surface area contributed by atoms with E-state index in [9.17, 15) is 13.2 Å². The Morgan fingerprint density at radius 2 is 2.05 bits per heavy atom. The van der Waals surface area contributed by atoms with Crippen molar-refractivity contribution in [2.75, 3.05) is 33.4 Å². The van der Waals surface area contributed by atoms with Gasteiger partial charge >= 0.3 is 0 Å². The van der Waals surface area contributed by atoms with Crippen LogP contribution in [0.25, 0.3) is 0 Å². The number of rotatable bonds is 5. The second-order valence-corrected chi connectivity index (χ2v) is 6.37. The van der Waals surface area contributed by atoms with Crippen LogP contribution < -0.4 is 10.0 Å². The van der Waals surface area contributed by atoms with Crippen molar-refractivity contribution >= 4 is 16.1 Å². The quantitative estimate of drug-likeness (QED) is 0.782. The van der Waals surface area contributed by atoms with Crippen LogP contribution in [0.3, 0.4) is 0 Å². The average molecular weight is 313 g/mol. The van der Waals surface area contributed by atoms with Gasteiger partial charge in [0.1, 0.15) is 0 Å².